The maximum atomic E-state index is 7.15. The average molecular weight is 774 g/mol. The number of ether oxygens (including phenoxy) is 2. The molecule has 5 nitrogen and oxygen atoms in total. The van der Waals surface area contributed by atoms with Crippen molar-refractivity contribution in [3.63, 3.8) is 0 Å². The molecule has 8 rings (SSSR count). The number of benzene rings is 4. The van der Waals surface area contributed by atoms with Gasteiger partial charge in [-0.25, -0.2) is 9.98 Å². The lowest BCUT2D eigenvalue weighted by Crippen LogP contribution is -2.27. The van der Waals surface area contributed by atoms with Crippen LogP contribution in [0.2, 0.25) is 0 Å². The van der Waals surface area contributed by atoms with E-state index in [1.807, 2.05) is 6.20 Å². The highest BCUT2D eigenvalue weighted by molar-refractivity contribution is 6.10. The number of aromatic nitrogens is 2. The van der Waals surface area contributed by atoms with Crippen LogP contribution >= 0.6 is 0 Å². The molecule has 0 radical (unpaired) electrons. The molecule has 4 aromatic carbocycles. The van der Waals surface area contributed by atoms with E-state index < -0.39 is 0 Å². The fourth-order valence-corrected chi connectivity index (χ4v) is 9.73. The molecule has 58 heavy (non-hydrogen) atoms. The predicted octanol–water partition coefficient (Wildman–Crippen LogP) is 14.5. The topological polar surface area (TPSA) is 48.6 Å². The highest BCUT2D eigenvalue weighted by atomic mass is 16.5. The summed E-state index contributed by atoms with van der Waals surface area (Å²) in [4.78, 5) is 10.3. The molecule has 2 aromatic heterocycles. The first kappa shape index (κ1) is 39.9. The molecule has 6 aromatic rings. The van der Waals surface area contributed by atoms with Gasteiger partial charge < -0.3 is 9.47 Å². The van der Waals surface area contributed by atoms with Gasteiger partial charge in [0, 0.05) is 34.0 Å². The van der Waals surface area contributed by atoms with Crippen molar-refractivity contribution in [2.45, 2.75) is 137 Å². The molecule has 0 N–H and O–H groups in total. The van der Waals surface area contributed by atoms with Crippen LogP contribution in [0.4, 0.5) is 0 Å². The normalized spacial score (nSPS) is 16.1. The van der Waals surface area contributed by atoms with E-state index in [2.05, 4.69) is 160 Å². The number of rotatable bonds is 11. The third-order valence-corrected chi connectivity index (χ3v) is 12.9. The number of hydrogen-bond acceptors (Lipinski definition) is 4. The SMILES string of the molecule is CCCC(CCC)[C@@H]1COC(c2cc(Oc3cc4c(cc3C)C(C)(C)c3cc(C(C)(C)C)cc5c6cccnc6n-4c35)cc(-c3c(C(C)C)cccc3C(C)C)c2)=N1. The van der Waals surface area contributed by atoms with Gasteiger partial charge in [0.15, 0.2) is 0 Å². The minimum Gasteiger partial charge on any atom is -0.475 e. The van der Waals surface area contributed by atoms with Gasteiger partial charge in [0.1, 0.15) is 23.8 Å². The highest BCUT2D eigenvalue weighted by Crippen LogP contribution is 2.50. The Hall–Kier alpha value is -4.90. The van der Waals surface area contributed by atoms with Crippen LogP contribution in [0.5, 0.6) is 11.5 Å². The third kappa shape index (κ3) is 6.82. The van der Waals surface area contributed by atoms with Gasteiger partial charge in [-0.1, -0.05) is 113 Å². The van der Waals surface area contributed by atoms with Crippen LogP contribution < -0.4 is 4.74 Å². The van der Waals surface area contributed by atoms with E-state index in [1.54, 1.807) is 0 Å². The van der Waals surface area contributed by atoms with E-state index in [4.69, 9.17) is 19.5 Å². The van der Waals surface area contributed by atoms with Gasteiger partial charge in [-0.3, -0.25) is 4.57 Å². The molecule has 302 valence electrons. The molecule has 0 spiro atoms. The molecule has 2 aliphatic heterocycles. The predicted molar refractivity (Wildman–Crippen MR) is 244 cm³/mol. The summed E-state index contributed by atoms with van der Waals surface area (Å²) in [7, 11) is 0. The number of hydrogen-bond donors (Lipinski definition) is 0. The number of aryl methyl sites for hydroxylation is 1. The standard InChI is InChI=1S/C53H63N3O2/c1-13-17-34(18-14-2)45-30-57-51(55-45)36-24-35(48-39(31(3)4)19-15-20-40(48)32(5)6)25-38(26-36)58-47-29-46-43(23-33(47)7)53(11,12)44-28-37(52(8,9)10)27-42-41-21-16-22-54-50(41)56(46)49(42)44/h15-16,19-29,31-32,34,45H,13-14,17-18,30H2,1-12H3/t45-/m0/s1. The van der Waals surface area contributed by atoms with Crippen molar-refractivity contribution in [2.24, 2.45) is 10.9 Å². The third-order valence-electron chi connectivity index (χ3n) is 12.9. The number of fused-ring (bicyclic) bond motifs is 5. The average Bonchev–Trinajstić information content (AvgIpc) is 3.81. The number of pyridine rings is 1. The first-order valence-electron chi connectivity index (χ1n) is 21.9. The van der Waals surface area contributed by atoms with Crippen LogP contribution in [-0.4, -0.2) is 28.1 Å². The van der Waals surface area contributed by atoms with Crippen molar-refractivity contribution in [2.75, 3.05) is 6.61 Å². The first-order chi connectivity index (χ1) is 27.6. The van der Waals surface area contributed by atoms with Crippen molar-refractivity contribution >= 4 is 27.8 Å². The van der Waals surface area contributed by atoms with Gasteiger partial charge in [-0.15, -0.1) is 0 Å². The van der Waals surface area contributed by atoms with Crippen molar-refractivity contribution in [3.8, 4) is 28.3 Å². The number of nitrogens with zero attached hydrogens (tertiary/aromatic N) is 3. The van der Waals surface area contributed by atoms with Gasteiger partial charge in [0.25, 0.3) is 0 Å². The van der Waals surface area contributed by atoms with Crippen LogP contribution in [-0.2, 0) is 15.6 Å². The Morgan fingerprint density at radius 2 is 1.52 bits per heavy atom. The van der Waals surface area contributed by atoms with Crippen molar-refractivity contribution < 1.29 is 9.47 Å². The minimum absolute atomic E-state index is 0.00698. The zero-order valence-corrected chi connectivity index (χ0v) is 37.0. The second kappa shape index (κ2) is 15.0. The van der Waals surface area contributed by atoms with Crippen LogP contribution in [0.3, 0.4) is 0 Å². The fraction of sp³-hybridized carbons (Fsp3) is 0.434. The van der Waals surface area contributed by atoms with E-state index in [9.17, 15) is 0 Å². The second-order valence-corrected chi connectivity index (χ2v) is 19.3. The maximum Gasteiger partial charge on any atom is 0.216 e. The lowest BCUT2D eigenvalue weighted by Gasteiger charge is -2.36. The summed E-state index contributed by atoms with van der Waals surface area (Å²) in [6.45, 7) is 28.2. The molecular weight excluding hydrogens is 711 g/mol. The summed E-state index contributed by atoms with van der Waals surface area (Å²) in [5, 5.41) is 2.43. The molecule has 0 unspecified atom stereocenters. The van der Waals surface area contributed by atoms with Crippen molar-refractivity contribution in [3.05, 3.63) is 118 Å². The van der Waals surface area contributed by atoms with Crippen molar-refractivity contribution in [1.29, 1.82) is 0 Å². The second-order valence-electron chi connectivity index (χ2n) is 19.3. The molecule has 5 heteroatoms. The van der Waals surface area contributed by atoms with Crippen LogP contribution in [0.1, 0.15) is 153 Å². The Balaban J connectivity index is 1.31. The van der Waals surface area contributed by atoms with Gasteiger partial charge in [-0.2, -0.15) is 0 Å². The lowest BCUT2D eigenvalue weighted by atomic mass is 9.72. The summed E-state index contributed by atoms with van der Waals surface area (Å²) in [5.41, 5.74) is 14.2. The Kier molecular flexibility index (Phi) is 10.3. The molecule has 0 aliphatic carbocycles. The quantitative estimate of drug-likeness (QED) is 0.132. The molecule has 0 amide bonds. The highest BCUT2D eigenvalue weighted by Gasteiger charge is 2.38. The van der Waals surface area contributed by atoms with E-state index in [0.29, 0.717) is 24.4 Å². The van der Waals surface area contributed by atoms with Crippen LogP contribution in [0.15, 0.2) is 84.0 Å². The lowest BCUT2D eigenvalue weighted by molar-refractivity contribution is 0.261. The van der Waals surface area contributed by atoms with Gasteiger partial charge in [-0.05, 0) is 130 Å². The minimum atomic E-state index is -0.245. The summed E-state index contributed by atoms with van der Waals surface area (Å²) < 4.78 is 16.0. The number of aliphatic imine (C=N–C) groups is 1. The summed E-state index contributed by atoms with van der Waals surface area (Å²) in [5.74, 6) is 3.57. The molecule has 0 saturated heterocycles. The summed E-state index contributed by atoms with van der Waals surface area (Å²) in [6, 6.07) is 27.3. The zero-order valence-electron chi connectivity index (χ0n) is 37.0. The first-order valence-corrected chi connectivity index (χ1v) is 21.9. The molecule has 0 fully saturated rings. The van der Waals surface area contributed by atoms with Crippen LogP contribution in [0.25, 0.3) is 38.8 Å². The Bertz CT molecular complexity index is 2530. The molecular formula is C53H63N3O2. The Morgan fingerprint density at radius 1 is 0.828 bits per heavy atom. The zero-order chi connectivity index (χ0) is 41.3. The van der Waals surface area contributed by atoms with Gasteiger partial charge >= 0.3 is 0 Å². The van der Waals surface area contributed by atoms with E-state index in [1.165, 1.54) is 62.5 Å². The van der Waals surface area contributed by atoms with Crippen molar-refractivity contribution in [1.82, 2.24) is 9.55 Å². The smallest absolute Gasteiger partial charge is 0.216 e. The molecule has 1 atom stereocenters. The van der Waals surface area contributed by atoms with Gasteiger partial charge in [0.05, 0.1) is 17.2 Å². The summed E-state index contributed by atoms with van der Waals surface area (Å²) >= 11 is 0. The summed E-state index contributed by atoms with van der Waals surface area (Å²) in [6.07, 6.45) is 6.57. The van der Waals surface area contributed by atoms with E-state index >= 15 is 0 Å². The van der Waals surface area contributed by atoms with Crippen LogP contribution in [0, 0.1) is 12.8 Å². The van der Waals surface area contributed by atoms with E-state index in [0.717, 1.165) is 58.3 Å². The Labute approximate surface area is 346 Å². The molecule has 4 heterocycles. The molecule has 0 bridgehead atoms. The maximum absolute atomic E-state index is 7.15. The largest absolute Gasteiger partial charge is 0.475 e. The Morgan fingerprint density at radius 3 is 2.17 bits per heavy atom. The van der Waals surface area contributed by atoms with E-state index in [-0.39, 0.29) is 16.9 Å². The molecule has 0 saturated carbocycles. The monoisotopic (exact) mass is 773 g/mol. The fourth-order valence-electron chi connectivity index (χ4n) is 9.73. The van der Waals surface area contributed by atoms with Gasteiger partial charge in [0.2, 0.25) is 5.90 Å². The molecule has 2 aliphatic rings.